The SMILES string of the molecule is O=C(Nc1cc(C(=O)O)c2c(c1)ncn2C1CCCC1)c1ccccc1. The van der Waals surface area contributed by atoms with E-state index in [1.807, 2.05) is 10.6 Å². The fourth-order valence-corrected chi connectivity index (χ4v) is 3.66. The Balaban J connectivity index is 1.73. The molecule has 4 rings (SSSR count). The molecule has 2 aromatic carbocycles. The van der Waals surface area contributed by atoms with Gasteiger partial charge in [-0.25, -0.2) is 9.78 Å². The molecule has 2 N–H and O–H groups in total. The van der Waals surface area contributed by atoms with Crippen LogP contribution in [0, 0.1) is 0 Å². The van der Waals surface area contributed by atoms with Crippen molar-refractivity contribution < 1.29 is 14.7 Å². The first-order valence-corrected chi connectivity index (χ1v) is 8.74. The molecule has 6 nitrogen and oxygen atoms in total. The van der Waals surface area contributed by atoms with E-state index in [-0.39, 0.29) is 11.5 Å². The van der Waals surface area contributed by atoms with E-state index < -0.39 is 5.97 Å². The summed E-state index contributed by atoms with van der Waals surface area (Å²) in [5.74, 6) is -1.30. The number of hydrogen-bond acceptors (Lipinski definition) is 3. The van der Waals surface area contributed by atoms with E-state index in [1.54, 1.807) is 36.7 Å². The zero-order valence-electron chi connectivity index (χ0n) is 14.2. The number of amides is 1. The minimum absolute atomic E-state index is 0.162. The number of hydrogen-bond donors (Lipinski definition) is 2. The van der Waals surface area contributed by atoms with Gasteiger partial charge in [-0.2, -0.15) is 0 Å². The van der Waals surface area contributed by atoms with E-state index in [4.69, 9.17) is 0 Å². The third-order valence-electron chi connectivity index (χ3n) is 4.91. The summed E-state index contributed by atoms with van der Waals surface area (Å²) in [4.78, 5) is 28.6. The number of rotatable bonds is 4. The van der Waals surface area contributed by atoms with Crippen LogP contribution >= 0.6 is 0 Å². The minimum atomic E-state index is -1.02. The fraction of sp³-hybridized carbons (Fsp3) is 0.250. The summed E-state index contributed by atoms with van der Waals surface area (Å²) in [7, 11) is 0. The van der Waals surface area contributed by atoms with Crippen molar-refractivity contribution in [1.82, 2.24) is 9.55 Å². The number of fused-ring (bicyclic) bond motifs is 1. The second-order valence-corrected chi connectivity index (χ2v) is 6.61. The van der Waals surface area contributed by atoms with Crippen molar-refractivity contribution in [3.8, 4) is 0 Å². The average molecular weight is 349 g/mol. The Labute approximate surface area is 150 Å². The van der Waals surface area contributed by atoms with Gasteiger partial charge in [0.25, 0.3) is 5.91 Å². The first-order chi connectivity index (χ1) is 12.6. The number of aromatic nitrogens is 2. The normalized spacial score (nSPS) is 14.6. The minimum Gasteiger partial charge on any atom is -0.478 e. The molecule has 1 aromatic heterocycles. The lowest BCUT2D eigenvalue weighted by Gasteiger charge is -2.14. The van der Waals surface area contributed by atoms with Crippen molar-refractivity contribution in [1.29, 1.82) is 0 Å². The molecule has 26 heavy (non-hydrogen) atoms. The molecule has 0 saturated heterocycles. The van der Waals surface area contributed by atoms with E-state index in [1.165, 1.54) is 6.07 Å². The van der Waals surface area contributed by atoms with E-state index in [9.17, 15) is 14.7 Å². The highest BCUT2D eigenvalue weighted by molar-refractivity contribution is 6.08. The zero-order chi connectivity index (χ0) is 18.1. The maximum Gasteiger partial charge on any atom is 0.337 e. The standard InChI is InChI=1S/C20H19N3O3/c24-19(13-6-2-1-3-7-13)22-14-10-16(20(25)26)18-17(11-14)21-12-23(18)15-8-4-5-9-15/h1-3,6-7,10-12,15H,4-5,8-9H2,(H,22,24)(H,25,26). The van der Waals surface area contributed by atoms with E-state index in [0.29, 0.717) is 28.3 Å². The molecule has 0 unspecified atom stereocenters. The molecular weight excluding hydrogens is 330 g/mol. The molecule has 1 aliphatic rings. The molecule has 1 aliphatic carbocycles. The Bertz CT molecular complexity index is 973. The van der Waals surface area contributed by atoms with E-state index >= 15 is 0 Å². The Morgan fingerprint density at radius 1 is 1.12 bits per heavy atom. The summed E-state index contributed by atoms with van der Waals surface area (Å²) < 4.78 is 1.98. The van der Waals surface area contributed by atoms with Gasteiger partial charge in [0.1, 0.15) is 0 Å². The van der Waals surface area contributed by atoms with Gasteiger partial charge in [-0.15, -0.1) is 0 Å². The largest absolute Gasteiger partial charge is 0.478 e. The predicted octanol–water partition coefficient (Wildman–Crippen LogP) is 4.10. The quantitative estimate of drug-likeness (QED) is 0.742. The van der Waals surface area contributed by atoms with Crippen molar-refractivity contribution >= 4 is 28.6 Å². The molecule has 0 atom stereocenters. The van der Waals surface area contributed by atoms with Gasteiger partial charge in [0.05, 0.1) is 22.9 Å². The van der Waals surface area contributed by atoms with Crippen molar-refractivity contribution in [2.75, 3.05) is 5.32 Å². The van der Waals surface area contributed by atoms with E-state index in [0.717, 1.165) is 25.7 Å². The van der Waals surface area contributed by atoms with Crippen LogP contribution < -0.4 is 5.32 Å². The summed E-state index contributed by atoms with van der Waals surface area (Å²) >= 11 is 0. The smallest absolute Gasteiger partial charge is 0.337 e. The number of benzene rings is 2. The van der Waals surface area contributed by atoms with Crippen LogP contribution in [0.25, 0.3) is 11.0 Å². The van der Waals surface area contributed by atoms with Gasteiger partial charge in [-0.3, -0.25) is 4.79 Å². The van der Waals surface area contributed by atoms with Crippen molar-refractivity contribution in [3.05, 3.63) is 59.9 Å². The number of nitrogens with zero attached hydrogens (tertiary/aromatic N) is 2. The lowest BCUT2D eigenvalue weighted by atomic mass is 10.1. The first kappa shape index (κ1) is 16.3. The van der Waals surface area contributed by atoms with Crippen molar-refractivity contribution in [2.45, 2.75) is 31.7 Å². The van der Waals surface area contributed by atoms with E-state index in [2.05, 4.69) is 10.3 Å². The molecule has 0 radical (unpaired) electrons. The number of nitrogens with one attached hydrogen (secondary N) is 1. The fourth-order valence-electron chi connectivity index (χ4n) is 3.66. The maximum atomic E-state index is 12.4. The molecule has 1 fully saturated rings. The third kappa shape index (κ3) is 2.94. The molecule has 1 amide bonds. The summed E-state index contributed by atoms with van der Waals surface area (Å²) in [5, 5.41) is 12.5. The maximum absolute atomic E-state index is 12.4. The molecular formula is C20H19N3O3. The van der Waals surface area contributed by atoms with Crippen LogP contribution in [-0.2, 0) is 0 Å². The number of imidazole rings is 1. The second kappa shape index (κ2) is 6.63. The summed E-state index contributed by atoms with van der Waals surface area (Å²) in [6.45, 7) is 0. The van der Waals surface area contributed by atoms with Gasteiger partial charge in [0, 0.05) is 17.3 Å². The number of carbonyl (C=O) groups excluding carboxylic acids is 1. The molecule has 132 valence electrons. The number of carbonyl (C=O) groups is 2. The van der Waals surface area contributed by atoms with Crippen LogP contribution in [0.1, 0.15) is 52.4 Å². The average Bonchev–Trinajstić information content (AvgIpc) is 3.31. The van der Waals surface area contributed by atoms with Crippen LogP contribution in [0.4, 0.5) is 5.69 Å². The summed E-state index contributed by atoms with van der Waals surface area (Å²) in [6, 6.07) is 12.4. The monoisotopic (exact) mass is 349 g/mol. The molecule has 0 spiro atoms. The first-order valence-electron chi connectivity index (χ1n) is 8.74. The molecule has 1 heterocycles. The summed E-state index contributed by atoms with van der Waals surface area (Å²) in [5.41, 5.74) is 2.32. The Morgan fingerprint density at radius 3 is 2.54 bits per heavy atom. The molecule has 0 aliphatic heterocycles. The zero-order valence-corrected chi connectivity index (χ0v) is 14.2. The second-order valence-electron chi connectivity index (χ2n) is 6.61. The number of carboxylic acids is 1. The van der Waals surface area contributed by atoms with Crippen LogP contribution in [0.15, 0.2) is 48.8 Å². The Morgan fingerprint density at radius 2 is 1.85 bits per heavy atom. The predicted molar refractivity (Wildman–Crippen MR) is 98.6 cm³/mol. The highest BCUT2D eigenvalue weighted by Gasteiger charge is 2.23. The third-order valence-corrected chi connectivity index (χ3v) is 4.91. The Kier molecular flexibility index (Phi) is 4.16. The van der Waals surface area contributed by atoms with Gasteiger partial charge in [-0.05, 0) is 37.1 Å². The van der Waals surface area contributed by atoms with Crippen molar-refractivity contribution in [3.63, 3.8) is 0 Å². The van der Waals surface area contributed by atoms with Crippen LogP contribution in [0.5, 0.6) is 0 Å². The highest BCUT2D eigenvalue weighted by atomic mass is 16.4. The lowest BCUT2D eigenvalue weighted by Crippen LogP contribution is -2.13. The van der Waals surface area contributed by atoms with Gasteiger partial charge in [0.2, 0.25) is 0 Å². The lowest BCUT2D eigenvalue weighted by molar-refractivity contribution is 0.0698. The molecule has 1 saturated carbocycles. The van der Waals surface area contributed by atoms with Crippen LogP contribution in [0.2, 0.25) is 0 Å². The topological polar surface area (TPSA) is 84.2 Å². The summed E-state index contributed by atoms with van der Waals surface area (Å²) in [6.07, 6.45) is 6.10. The van der Waals surface area contributed by atoms with Crippen LogP contribution in [-0.4, -0.2) is 26.5 Å². The number of aromatic carboxylic acids is 1. The van der Waals surface area contributed by atoms with Gasteiger partial charge >= 0.3 is 5.97 Å². The van der Waals surface area contributed by atoms with Gasteiger partial charge in [0.15, 0.2) is 0 Å². The molecule has 3 aromatic rings. The van der Waals surface area contributed by atoms with Gasteiger partial charge < -0.3 is 15.0 Å². The molecule has 0 bridgehead atoms. The number of carboxylic acid groups (broad SMARTS) is 1. The Hall–Kier alpha value is -3.15. The van der Waals surface area contributed by atoms with Gasteiger partial charge in [-0.1, -0.05) is 31.0 Å². The highest BCUT2D eigenvalue weighted by Crippen LogP contribution is 2.34. The van der Waals surface area contributed by atoms with Crippen LogP contribution in [0.3, 0.4) is 0 Å². The number of anilines is 1. The molecule has 6 heteroatoms. The van der Waals surface area contributed by atoms with Crippen molar-refractivity contribution in [2.24, 2.45) is 0 Å².